The summed E-state index contributed by atoms with van der Waals surface area (Å²) in [6.45, 7) is 5.67. The van der Waals surface area contributed by atoms with Gasteiger partial charge < -0.3 is 10.1 Å². The quantitative estimate of drug-likeness (QED) is 0.804. The Labute approximate surface area is 93.8 Å². The standard InChI is InChI=1S/C10H16N2O2S/c1-5-6(2)14-10(13)8-7(3)12-15-9(8)11-4/h6,11H,5H2,1-4H3. The molecule has 0 amide bonds. The first-order valence-electron chi connectivity index (χ1n) is 4.95. The highest BCUT2D eigenvalue weighted by Crippen LogP contribution is 2.25. The van der Waals surface area contributed by atoms with E-state index in [-0.39, 0.29) is 12.1 Å². The third kappa shape index (κ3) is 2.68. The number of hydrogen-bond donors (Lipinski definition) is 1. The Bertz CT molecular complexity index is 349. The summed E-state index contributed by atoms with van der Waals surface area (Å²) in [5.41, 5.74) is 1.28. The average Bonchev–Trinajstić information content (AvgIpc) is 2.59. The normalized spacial score (nSPS) is 12.3. The van der Waals surface area contributed by atoms with Gasteiger partial charge in [-0.1, -0.05) is 6.92 Å². The number of anilines is 1. The fourth-order valence-corrected chi connectivity index (χ4v) is 1.84. The van der Waals surface area contributed by atoms with Crippen LogP contribution in [0.3, 0.4) is 0 Å². The van der Waals surface area contributed by atoms with Gasteiger partial charge in [-0.05, 0) is 31.8 Å². The summed E-state index contributed by atoms with van der Waals surface area (Å²) in [6.07, 6.45) is 0.763. The predicted octanol–water partition coefficient (Wildman–Crippen LogP) is 2.45. The molecule has 0 saturated heterocycles. The molecule has 0 bridgehead atoms. The third-order valence-corrected chi connectivity index (χ3v) is 3.13. The number of carbonyl (C=O) groups is 1. The van der Waals surface area contributed by atoms with Gasteiger partial charge in [0.15, 0.2) is 0 Å². The highest BCUT2D eigenvalue weighted by atomic mass is 32.1. The van der Waals surface area contributed by atoms with E-state index >= 15 is 0 Å². The van der Waals surface area contributed by atoms with E-state index in [2.05, 4.69) is 9.69 Å². The van der Waals surface area contributed by atoms with E-state index in [0.717, 1.165) is 17.1 Å². The number of aromatic nitrogens is 1. The second-order valence-electron chi connectivity index (χ2n) is 3.35. The van der Waals surface area contributed by atoms with E-state index in [9.17, 15) is 4.79 Å². The van der Waals surface area contributed by atoms with Crippen LogP contribution >= 0.6 is 11.5 Å². The molecule has 5 heteroatoms. The highest BCUT2D eigenvalue weighted by Gasteiger charge is 2.20. The van der Waals surface area contributed by atoms with Crippen molar-refractivity contribution < 1.29 is 9.53 Å². The summed E-state index contributed by atoms with van der Waals surface area (Å²) >= 11 is 1.28. The molecule has 0 aliphatic rings. The summed E-state index contributed by atoms with van der Waals surface area (Å²) in [5, 5.41) is 3.71. The number of hydrogen-bond acceptors (Lipinski definition) is 5. The Morgan fingerprint density at radius 1 is 1.67 bits per heavy atom. The lowest BCUT2D eigenvalue weighted by molar-refractivity contribution is 0.0335. The molecule has 15 heavy (non-hydrogen) atoms. The molecular weight excluding hydrogens is 212 g/mol. The van der Waals surface area contributed by atoms with Crippen molar-refractivity contribution in [2.75, 3.05) is 12.4 Å². The second-order valence-corrected chi connectivity index (χ2v) is 4.12. The van der Waals surface area contributed by atoms with Crippen molar-refractivity contribution in [2.24, 2.45) is 0 Å². The van der Waals surface area contributed by atoms with Crippen LogP contribution in [-0.2, 0) is 4.74 Å². The predicted molar refractivity (Wildman–Crippen MR) is 61.6 cm³/mol. The van der Waals surface area contributed by atoms with E-state index in [1.54, 1.807) is 7.05 Å². The summed E-state index contributed by atoms with van der Waals surface area (Å²) < 4.78 is 9.37. The van der Waals surface area contributed by atoms with Crippen LogP contribution in [0.2, 0.25) is 0 Å². The molecule has 0 saturated carbocycles. The van der Waals surface area contributed by atoms with Gasteiger partial charge in [0, 0.05) is 7.05 Å². The lowest BCUT2D eigenvalue weighted by Gasteiger charge is -2.11. The summed E-state index contributed by atoms with van der Waals surface area (Å²) in [7, 11) is 1.77. The number of esters is 1. The number of rotatable bonds is 4. The SMILES string of the molecule is CCC(C)OC(=O)c1c(C)nsc1NC. The Morgan fingerprint density at radius 3 is 2.87 bits per heavy atom. The Morgan fingerprint density at radius 2 is 2.33 bits per heavy atom. The molecule has 0 aliphatic carbocycles. The molecule has 84 valence electrons. The van der Waals surface area contributed by atoms with Crippen LogP contribution in [0.1, 0.15) is 36.3 Å². The van der Waals surface area contributed by atoms with Crippen LogP contribution in [0.5, 0.6) is 0 Å². The molecule has 0 aromatic carbocycles. The van der Waals surface area contributed by atoms with Gasteiger partial charge in [-0.3, -0.25) is 0 Å². The van der Waals surface area contributed by atoms with Gasteiger partial charge in [0.05, 0.1) is 11.8 Å². The van der Waals surface area contributed by atoms with Gasteiger partial charge >= 0.3 is 5.97 Å². The molecule has 1 rings (SSSR count). The molecule has 1 aromatic heterocycles. The minimum atomic E-state index is -0.292. The van der Waals surface area contributed by atoms with Gasteiger partial charge in [0.1, 0.15) is 10.6 Å². The topological polar surface area (TPSA) is 51.2 Å². The van der Waals surface area contributed by atoms with E-state index < -0.39 is 0 Å². The largest absolute Gasteiger partial charge is 0.459 e. The Balaban J connectivity index is 2.85. The molecule has 1 unspecified atom stereocenters. The molecule has 0 spiro atoms. The second kappa shape index (κ2) is 5.11. The average molecular weight is 228 g/mol. The van der Waals surface area contributed by atoms with Crippen LogP contribution in [0.15, 0.2) is 0 Å². The number of aryl methyl sites for hydroxylation is 1. The molecule has 4 nitrogen and oxygen atoms in total. The number of ether oxygens (including phenoxy) is 1. The van der Waals surface area contributed by atoms with Crippen molar-refractivity contribution in [1.82, 2.24) is 4.37 Å². The number of nitrogens with zero attached hydrogens (tertiary/aromatic N) is 1. The molecule has 0 aliphatic heterocycles. The van der Waals surface area contributed by atoms with Crippen molar-refractivity contribution in [1.29, 1.82) is 0 Å². The maximum Gasteiger partial charge on any atom is 0.343 e. The maximum absolute atomic E-state index is 11.8. The first kappa shape index (κ1) is 12.0. The Hall–Kier alpha value is -1.10. The maximum atomic E-state index is 11.8. The van der Waals surface area contributed by atoms with Gasteiger partial charge in [0.25, 0.3) is 0 Å². The van der Waals surface area contributed by atoms with Gasteiger partial charge in [0.2, 0.25) is 0 Å². The first-order valence-corrected chi connectivity index (χ1v) is 5.72. The van der Waals surface area contributed by atoms with Crippen LogP contribution in [0.4, 0.5) is 5.00 Å². The lowest BCUT2D eigenvalue weighted by atomic mass is 10.2. The van der Waals surface area contributed by atoms with Gasteiger partial charge in [-0.2, -0.15) is 4.37 Å². The smallest absolute Gasteiger partial charge is 0.343 e. The van der Waals surface area contributed by atoms with Crippen molar-refractivity contribution in [3.8, 4) is 0 Å². The minimum Gasteiger partial charge on any atom is -0.459 e. The van der Waals surface area contributed by atoms with E-state index in [1.165, 1.54) is 11.5 Å². The third-order valence-electron chi connectivity index (χ3n) is 2.18. The summed E-state index contributed by atoms with van der Waals surface area (Å²) in [4.78, 5) is 11.8. The van der Waals surface area contributed by atoms with Crippen LogP contribution in [-0.4, -0.2) is 23.5 Å². The van der Waals surface area contributed by atoms with Crippen molar-refractivity contribution in [3.63, 3.8) is 0 Å². The fourth-order valence-electron chi connectivity index (χ4n) is 1.11. The minimum absolute atomic E-state index is 0.0542. The zero-order valence-electron chi connectivity index (χ0n) is 9.46. The molecular formula is C10H16N2O2S. The highest BCUT2D eigenvalue weighted by molar-refractivity contribution is 7.10. The number of carbonyl (C=O) groups excluding carboxylic acids is 1. The van der Waals surface area contributed by atoms with Crippen molar-refractivity contribution >= 4 is 22.5 Å². The molecule has 0 fully saturated rings. The zero-order chi connectivity index (χ0) is 11.4. The molecule has 1 N–H and O–H groups in total. The molecule has 1 heterocycles. The molecule has 0 radical (unpaired) electrons. The molecule has 1 atom stereocenters. The lowest BCUT2D eigenvalue weighted by Crippen LogP contribution is -2.15. The zero-order valence-corrected chi connectivity index (χ0v) is 10.3. The van der Waals surface area contributed by atoms with Gasteiger partial charge in [-0.15, -0.1) is 0 Å². The van der Waals surface area contributed by atoms with Crippen molar-refractivity contribution in [3.05, 3.63) is 11.3 Å². The summed E-state index contributed by atoms with van der Waals surface area (Å²) in [6, 6.07) is 0. The van der Waals surface area contributed by atoms with Crippen LogP contribution < -0.4 is 5.32 Å². The number of nitrogens with one attached hydrogen (secondary N) is 1. The van der Waals surface area contributed by atoms with Gasteiger partial charge in [-0.25, -0.2) is 4.79 Å². The van der Waals surface area contributed by atoms with Crippen molar-refractivity contribution in [2.45, 2.75) is 33.3 Å². The van der Waals surface area contributed by atoms with E-state index in [1.807, 2.05) is 20.8 Å². The van der Waals surface area contributed by atoms with Crippen LogP contribution in [0.25, 0.3) is 0 Å². The summed E-state index contributed by atoms with van der Waals surface area (Å²) in [5.74, 6) is -0.292. The van der Waals surface area contributed by atoms with E-state index in [0.29, 0.717) is 5.56 Å². The monoisotopic (exact) mass is 228 g/mol. The fraction of sp³-hybridized carbons (Fsp3) is 0.600. The Kier molecular flexibility index (Phi) is 4.08. The van der Waals surface area contributed by atoms with E-state index in [4.69, 9.17) is 4.74 Å². The first-order chi connectivity index (χ1) is 7.10. The molecule has 1 aromatic rings. The van der Waals surface area contributed by atoms with Crippen LogP contribution in [0, 0.1) is 6.92 Å².